The molecule has 0 aliphatic carbocycles. The molecule has 6 nitrogen and oxygen atoms in total. The Hall–Kier alpha value is -0.850. The molecule has 0 radical (unpaired) electrons. The molecular formula is C7H10O6. The first-order valence-corrected chi connectivity index (χ1v) is 3.92. The van der Waals surface area contributed by atoms with Crippen molar-refractivity contribution < 1.29 is 28.8 Å². The molecule has 2 fully saturated rings. The Bertz CT molecular complexity index is 217. The van der Waals surface area contributed by atoms with Crippen LogP contribution in [0.5, 0.6) is 0 Å². The van der Waals surface area contributed by atoms with Crippen LogP contribution in [-0.4, -0.2) is 49.6 Å². The van der Waals surface area contributed by atoms with E-state index in [0.717, 1.165) is 0 Å². The van der Waals surface area contributed by atoms with E-state index in [-0.39, 0.29) is 6.61 Å². The van der Waals surface area contributed by atoms with Crippen LogP contribution in [-0.2, 0) is 18.9 Å². The standard InChI is InChI=1S/C7H10O6/c1-10-6-4(8)5-3(2-11-6)12-7(9)13-5/h3-6,8H,2H2,1H3/t3-,4+,5-,6-/m1/s1. The monoisotopic (exact) mass is 190 g/mol. The highest BCUT2D eigenvalue weighted by atomic mass is 16.8. The van der Waals surface area contributed by atoms with Crippen LogP contribution in [0.25, 0.3) is 0 Å². The molecule has 6 heteroatoms. The van der Waals surface area contributed by atoms with Gasteiger partial charge < -0.3 is 24.1 Å². The number of fused-ring (bicyclic) bond motifs is 1. The zero-order valence-electron chi connectivity index (χ0n) is 7.00. The molecule has 74 valence electrons. The molecule has 0 amide bonds. The minimum atomic E-state index is -0.991. The molecule has 0 saturated carbocycles. The number of hydrogen-bond donors (Lipinski definition) is 1. The van der Waals surface area contributed by atoms with Crippen molar-refractivity contribution in [2.24, 2.45) is 0 Å². The number of methoxy groups -OCH3 is 1. The van der Waals surface area contributed by atoms with Crippen LogP contribution in [0, 0.1) is 0 Å². The Morgan fingerprint density at radius 3 is 3.00 bits per heavy atom. The van der Waals surface area contributed by atoms with Gasteiger partial charge in [0.25, 0.3) is 0 Å². The van der Waals surface area contributed by atoms with E-state index >= 15 is 0 Å². The van der Waals surface area contributed by atoms with Crippen LogP contribution in [0.15, 0.2) is 0 Å². The molecule has 0 spiro atoms. The first kappa shape index (κ1) is 8.74. The molecule has 0 aromatic heterocycles. The van der Waals surface area contributed by atoms with Gasteiger partial charge in [0.05, 0.1) is 6.61 Å². The maximum Gasteiger partial charge on any atom is 0.509 e. The van der Waals surface area contributed by atoms with Crippen LogP contribution in [0.3, 0.4) is 0 Å². The maximum atomic E-state index is 10.7. The van der Waals surface area contributed by atoms with Gasteiger partial charge in [-0.1, -0.05) is 0 Å². The molecule has 0 aromatic carbocycles. The van der Waals surface area contributed by atoms with Gasteiger partial charge in [-0.25, -0.2) is 4.79 Å². The molecule has 0 bridgehead atoms. The molecule has 2 heterocycles. The summed E-state index contributed by atoms with van der Waals surface area (Å²) < 4.78 is 19.4. The summed E-state index contributed by atoms with van der Waals surface area (Å²) in [5.41, 5.74) is 0. The number of rotatable bonds is 1. The summed E-state index contributed by atoms with van der Waals surface area (Å²) in [7, 11) is 1.41. The van der Waals surface area contributed by atoms with Crippen molar-refractivity contribution in [1.29, 1.82) is 0 Å². The number of carbonyl (C=O) groups excluding carboxylic acids is 1. The summed E-state index contributed by atoms with van der Waals surface area (Å²) in [5, 5.41) is 9.55. The van der Waals surface area contributed by atoms with E-state index in [1.807, 2.05) is 0 Å². The Balaban J connectivity index is 2.07. The molecule has 2 rings (SSSR count). The van der Waals surface area contributed by atoms with Crippen LogP contribution in [0.1, 0.15) is 0 Å². The van der Waals surface area contributed by atoms with E-state index in [0.29, 0.717) is 0 Å². The van der Waals surface area contributed by atoms with Gasteiger partial charge in [0.15, 0.2) is 18.5 Å². The number of aliphatic hydroxyl groups excluding tert-OH is 1. The van der Waals surface area contributed by atoms with E-state index in [2.05, 4.69) is 0 Å². The van der Waals surface area contributed by atoms with Gasteiger partial charge in [0.2, 0.25) is 0 Å². The maximum absolute atomic E-state index is 10.7. The first-order chi connectivity index (χ1) is 6.22. The number of ether oxygens (including phenoxy) is 4. The highest BCUT2D eigenvalue weighted by Gasteiger charge is 2.49. The molecule has 1 N–H and O–H groups in total. The van der Waals surface area contributed by atoms with Gasteiger partial charge in [-0.05, 0) is 0 Å². The quantitative estimate of drug-likeness (QED) is 0.548. The zero-order chi connectivity index (χ0) is 9.42. The third-order valence-corrected chi connectivity index (χ3v) is 2.12. The van der Waals surface area contributed by atoms with E-state index in [1.165, 1.54) is 7.11 Å². The van der Waals surface area contributed by atoms with Gasteiger partial charge in [-0.2, -0.15) is 0 Å². The minimum absolute atomic E-state index is 0.186. The van der Waals surface area contributed by atoms with E-state index < -0.39 is 30.8 Å². The Kier molecular flexibility index (Phi) is 2.10. The molecule has 2 aliphatic rings. The van der Waals surface area contributed by atoms with Crippen LogP contribution in [0.4, 0.5) is 4.79 Å². The average Bonchev–Trinajstić information content (AvgIpc) is 2.47. The predicted octanol–water partition coefficient (Wildman–Crippen LogP) is -0.746. The Labute approximate surface area is 74.3 Å². The molecule has 0 unspecified atom stereocenters. The summed E-state index contributed by atoms with van der Waals surface area (Å²) in [6.07, 6.45) is -3.71. The van der Waals surface area contributed by atoms with Crippen molar-refractivity contribution in [3.63, 3.8) is 0 Å². The van der Waals surface area contributed by atoms with E-state index in [1.54, 1.807) is 0 Å². The molecule has 4 atom stereocenters. The molecular weight excluding hydrogens is 180 g/mol. The average molecular weight is 190 g/mol. The van der Waals surface area contributed by atoms with Crippen molar-refractivity contribution in [3.05, 3.63) is 0 Å². The lowest BCUT2D eigenvalue weighted by molar-refractivity contribution is -0.240. The zero-order valence-corrected chi connectivity index (χ0v) is 7.00. The summed E-state index contributed by atoms with van der Waals surface area (Å²) >= 11 is 0. The second kappa shape index (κ2) is 3.13. The fourth-order valence-corrected chi connectivity index (χ4v) is 1.47. The van der Waals surface area contributed by atoms with Crippen molar-refractivity contribution in [2.75, 3.05) is 13.7 Å². The van der Waals surface area contributed by atoms with E-state index in [4.69, 9.17) is 18.9 Å². The second-order valence-corrected chi connectivity index (χ2v) is 2.92. The van der Waals surface area contributed by atoms with Gasteiger partial charge in [-0.15, -0.1) is 0 Å². The number of hydrogen-bond acceptors (Lipinski definition) is 6. The smallest absolute Gasteiger partial charge is 0.424 e. The third kappa shape index (κ3) is 1.37. The Morgan fingerprint density at radius 2 is 2.31 bits per heavy atom. The Morgan fingerprint density at radius 1 is 1.54 bits per heavy atom. The summed E-state index contributed by atoms with van der Waals surface area (Å²) in [5.74, 6) is 0. The third-order valence-electron chi connectivity index (χ3n) is 2.12. The number of carbonyl (C=O) groups is 1. The minimum Gasteiger partial charge on any atom is -0.424 e. The van der Waals surface area contributed by atoms with Gasteiger partial charge in [0, 0.05) is 7.11 Å². The second-order valence-electron chi connectivity index (χ2n) is 2.92. The number of aliphatic hydroxyl groups is 1. The normalized spacial score (nSPS) is 43.7. The summed E-state index contributed by atoms with van der Waals surface area (Å²) in [6.45, 7) is 0.186. The molecule has 13 heavy (non-hydrogen) atoms. The SMILES string of the molecule is CO[C@@H]1OC[C@H]2OC(=O)O[C@H]2[C@@H]1O. The predicted molar refractivity (Wildman–Crippen MR) is 37.9 cm³/mol. The van der Waals surface area contributed by atoms with Gasteiger partial charge in [-0.3, -0.25) is 0 Å². The lowest BCUT2D eigenvalue weighted by Crippen LogP contribution is -2.52. The molecule has 2 aliphatic heterocycles. The first-order valence-electron chi connectivity index (χ1n) is 3.92. The fourth-order valence-electron chi connectivity index (χ4n) is 1.47. The van der Waals surface area contributed by atoms with Crippen LogP contribution < -0.4 is 0 Å². The van der Waals surface area contributed by atoms with Crippen molar-refractivity contribution >= 4 is 6.16 Å². The van der Waals surface area contributed by atoms with Gasteiger partial charge >= 0.3 is 6.16 Å². The van der Waals surface area contributed by atoms with Crippen LogP contribution in [0.2, 0.25) is 0 Å². The molecule has 2 saturated heterocycles. The lowest BCUT2D eigenvalue weighted by atomic mass is 10.1. The summed E-state index contributed by atoms with van der Waals surface area (Å²) in [4.78, 5) is 10.7. The van der Waals surface area contributed by atoms with Crippen molar-refractivity contribution in [3.8, 4) is 0 Å². The van der Waals surface area contributed by atoms with Crippen molar-refractivity contribution in [1.82, 2.24) is 0 Å². The van der Waals surface area contributed by atoms with E-state index in [9.17, 15) is 9.90 Å². The topological polar surface area (TPSA) is 74.2 Å². The van der Waals surface area contributed by atoms with Gasteiger partial charge in [0.1, 0.15) is 6.10 Å². The highest BCUT2D eigenvalue weighted by Crippen LogP contribution is 2.26. The lowest BCUT2D eigenvalue weighted by Gasteiger charge is -2.32. The summed E-state index contributed by atoms with van der Waals surface area (Å²) in [6, 6.07) is 0. The fraction of sp³-hybridized carbons (Fsp3) is 0.857. The van der Waals surface area contributed by atoms with Crippen molar-refractivity contribution in [2.45, 2.75) is 24.6 Å². The highest BCUT2D eigenvalue weighted by molar-refractivity contribution is 5.62. The van der Waals surface area contributed by atoms with Crippen LogP contribution >= 0.6 is 0 Å². The largest absolute Gasteiger partial charge is 0.509 e. The molecule has 0 aromatic rings.